The Labute approximate surface area is 110 Å². The molecule has 1 aromatic heterocycles. The molecule has 0 saturated carbocycles. The van der Waals surface area contributed by atoms with Gasteiger partial charge in [0, 0.05) is 19.8 Å². The lowest BCUT2D eigenvalue weighted by Crippen LogP contribution is -2.37. The summed E-state index contributed by atoms with van der Waals surface area (Å²) < 4.78 is 1.77. The van der Waals surface area contributed by atoms with Gasteiger partial charge in [-0.15, -0.1) is 5.10 Å². The molecule has 0 atom stereocenters. The summed E-state index contributed by atoms with van der Waals surface area (Å²) in [7, 11) is 1.92. The third-order valence-electron chi connectivity index (χ3n) is 3.60. The topological polar surface area (TPSA) is 46.0 Å². The Morgan fingerprint density at radius 3 is 2.78 bits per heavy atom. The Balaban J connectivity index is 1.67. The summed E-state index contributed by atoms with van der Waals surface area (Å²) in [6, 6.07) is 0. The van der Waals surface area contributed by atoms with Crippen LogP contribution in [0.5, 0.6) is 0 Å². The van der Waals surface area contributed by atoms with E-state index < -0.39 is 0 Å². The summed E-state index contributed by atoms with van der Waals surface area (Å²) in [4.78, 5) is 2.49. The van der Waals surface area contributed by atoms with Gasteiger partial charge in [0.25, 0.3) is 0 Å². The molecule has 0 radical (unpaired) electrons. The summed E-state index contributed by atoms with van der Waals surface area (Å²) in [5.41, 5.74) is 1.08. The fourth-order valence-corrected chi connectivity index (χ4v) is 2.53. The lowest BCUT2D eigenvalue weighted by atomic mass is 9.96. The van der Waals surface area contributed by atoms with Gasteiger partial charge in [0.05, 0.1) is 5.69 Å². The summed E-state index contributed by atoms with van der Waals surface area (Å²) in [6.45, 7) is 7.89. The molecule has 102 valence electrons. The molecule has 0 unspecified atom stereocenters. The number of aryl methyl sites for hydroxylation is 1. The molecule has 0 spiro atoms. The fraction of sp³-hybridized carbons (Fsp3) is 0.846. The summed E-state index contributed by atoms with van der Waals surface area (Å²) in [6.07, 6.45) is 5.84. The molecule has 2 rings (SSSR count). The second-order valence-electron chi connectivity index (χ2n) is 5.31. The summed E-state index contributed by atoms with van der Waals surface area (Å²) in [5, 5.41) is 11.7. The molecule has 5 heteroatoms. The van der Waals surface area contributed by atoms with Crippen LogP contribution in [0.3, 0.4) is 0 Å². The molecule has 2 heterocycles. The minimum Gasteiger partial charge on any atom is -0.316 e. The molecular weight excluding hydrogens is 226 g/mol. The number of hydrogen-bond acceptors (Lipinski definition) is 4. The maximum absolute atomic E-state index is 4.15. The van der Waals surface area contributed by atoms with E-state index in [4.69, 9.17) is 0 Å². The highest BCUT2D eigenvalue weighted by Gasteiger charge is 2.19. The molecule has 0 bridgehead atoms. The molecule has 0 amide bonds. The SMILES string of the molecule is CCCNCC1CCN(Cc2cn(C)nn2)CC1. The molecule has 0 aliphatic carbocycles. The Bertz CT molecular complexity index is 341. The van der Waals surface area contributed by atoms with Crippen LogP contribution >= 0.6 is 0 Å². The highest BCUT2D eigenvalue weighted by molar-refractivity contribution is 4.92. The van der Waals surface area contributed by atoms with E-state index in [1.807, 2.05) is 13.2 Å². The van der Waals surface area contributed by atoms with Crippen LogP contribution in [0, 0.1) is 5.92 Å². The quantitative estimate of drug-likeness (QED) is 0.767. The molecule has 0 aromatic carbocycles. The van der Waals surface area contributed by atoms with Crippen molar-refractivity contribution in [3.63, 3.8) is 0 Å². The second kappa shape index (κ2) is 6.85. The van der Waals surface area contributed by atoms with E-state index in [1.54, 1.807) is 4.68 Å². The first-order valence-electron chi connectivity index (χ1n) is 7.06. The van der Waals surface area contributed by atoms with Gasteiger partial charge in [-0.05, 0) is 51.4 Å². The predicted molar refractivity (Wildman–Crippen MR) is 72.2 cm³/mol. The fourth-order valence-electron chi connectivity index (χ4n) is 2.53. The monoisotopic (exact) mass is 251 g/mol. The molecule has 1 aromatic rings. The van der Waals surface area contributed by atoms with Gasteiger partial charge in [0.15, 0.2) is 0 Å². The Hall–Kier alpha value is -0.940. The van der Waals surface area contributed by atoms with Crippen LogP contribution in [-0.2, 0) is 13.6 Å². The van der Waals surface area contributed by atoms with Crippen molar-refractivity contribution in [3.8, 4) is 0 Å². The van der Waals surface area contributed by atoms with Crippen LogP contribution in [0.1, 0.15) is 31.9 Å². The van der Waals surface area contributed by atoms with Gasteiger partial charge in [-0.3, -0.25) is 9.58 Å². The number of nitrogens with zero attached hydrogens (tertiary/aromatic N) is 4. The highest BCUT2D eigenvalue weighted by atomic mass is 15.4. The molecule has 1 aliphatic rings. The maximum atomic E-state index is 4.15. The van der Waals surface area contributed by atoms with Crippen molar-refractivity contribution < 1.29 is 0 Å². The lowest BCUT2D eigenvalue weighted by Gasteiger charge is -2.31. The van der Waals surface area contributed by atoms with E-state index in [2.05, 4.69) is 27.5 Å². The smallest absolute Gasteiger partial charge is 0.0966 e. The summed E-state index contributed by atoms with van der Waals surface area (Å²) >= 11 is 0. The van der Waals surface area contributed by atoms with Crippen LogP contribution in [0.2, 0.25) is 0 Å². The Kier molecular flexibility index (Phi) is 5.13. The van der Waals surface area contributed by atoms with E-state index in [-0.39, 0.29) is 0 Å². The number of hydrogen-bond donors (Lipinski definition) is 1. The third kappa shape index (κ3) is 4.07. The van der Waals surface area contributed by atoms with Crippen molar-refractivity contribution in [2.75, 3.05) is 26.2 Å². The van der Waals surface area contributed by atoms with Crippen molar-refractivity contribution in [2.24, 2.45) is 13.0 Å². The normalized spacial score (nSPS) is 18.3. The first kappa shape index (κ1) is 13.5. The van der Waals surface area contributed by atoms with Crippen molar-refractivity contribution in [2.45, 2.75) is 32.7 Å². The molecule has 1 fully saturated rings. The van der Waals surface area contributed by atoms with E-state index in [0.717, 1.165) is 24.7 Å². The van der Waals surface area contributed by atoms with E-state index in [0.29, 0.717) is 0 Å². The zero-order valence-corrected chi connectivity index (χ0v) is 11.6. The van der Waals surface area contributed by atoms with Gasteiger partial charge >= 0.3 is 0 Å². The number of nitrogens with one attached hydrogen (secondary N) is 1. The van der Waals surface area contributed by atoms with Gasteiger partial charge in [-0.2, -0.15) is 0 Å². The number of aromatic nitrogens is 3. The maximum Gasteiger partial charge on any atom is 0.0966 e. The minimum absolute atomic E-state index is 0.856. The number of rotatable bonds is 6. The van der Waals surface area contributed by atoms with Crippen molar-refractivity contribution >= 4 is 0 Å². The van der Waals surface area contributed by atoms with Crippen LogP contribution in [0.25, 0.3) is 0 Å². The first-order chi connectivity index (χ1) is 8.78. The van der Waals surface area contributed by atoms with Gasteiger partial charge < -0.3 is 5.32 Å². The molecular formula is C13H25N5. The van der Waals surface area contributed by atoms with Crippen molar-refractivity contribution in [1.82, 2.24) is 25.2 Å². The predicted octanol–water partition coefficient (Wildman–Crippen LogP) is 1.03. The third-order valence-corrected chi connectivity index (χ3v) is 3.60. The van der Waals surface area contributed by atoms with Crippen LogP contribution in [-0.4, -0.2) is 46.1 Å². The average Bonchev–Trinajstić information content (AvgIpc) is 2.77. The van der Waals surface area contributed by atoms with Crippen molar-refractivity contribution in [3.05, 3.63) is 11.9 Å². The average molecular weight is 251 g/mol. The van der Waals surface area contributed by atoms with Crippen LogP contribution < -0.4 is 5.32 Å². The van der Waals surface area contributed by atoms with E-state index in [1.165, 1.54) is 38.9 Å². The summed E-state index contributed by atoms with van der Waals surface area (Å²) in [5.74, 6) is 0.856. The van der Waals surface area contributed by atoms with Gasteiger partial charge in [-0.25, -0.2) is 0 Å². The zero-order valence-electron chi connectivity index (χ0n) is 11.6. The van der Waals surface area contributed by atoms with E-state index in [9.17, 15) is 0 Å². The zero-order chi connectivity index (χ0) is 12.8. The van der Waals surface area contributed by atoms with Gasteiger partial charge in [0.2, 0.25) is 0 Å². The Morgan fingerprint density at radius 2 is 2.17 bits per heavy atom. The largest absolute Gasteiger partial charge is 0.316 e. The first-order valence-corrected chi connectivity index (χ1v) is 7.06. The standard InChI is InChI=1S/C13H25N5/c1-3-6-14-9-12-4-7-18(8-5-12)11-13-10-17(2)16-15-13/h10,12,14H,3-9,11H2,1-2H3. The van der Waals surface area contributed by atoms with Crippen LogP contribution in [0.4, 0.5) is 0 Å². The molecule has 5 nitrogen and oxygen atoms in total. The number of piperidine rings is 1. The van der Waals surface area contributed by atoms with Gasteiger partial charge in [-0.1, -0.05) is 12.1 Å². The molecule has 1 N–H and O–H groups in total. The molecule has 18 heavy (non-hydrogen) atoms. The molecule has 1 aliphatic heterocycles. The second-order valence-corrected chi connectivity index (χ2v) is 5.31. The Morgan fingerprint density at radius 1 is 1.39 bits per heavy atom. The highest BCUT2D eigenvalue weighted by Crippen LogP contribution is 2.17. The minimum atomic E-state index is 0.856. The van der Waals surface area contributed by atoms with Gasteiger partial charge in [0.1, 0.15) is 0 Å². The number of likely N-dealkylation sites (tertiary alicyclic amines) is 1. The van der Waals surface area contributed by atoms with Crippen molar-refractivity contribution in [1.29, 1.82) is 0 Å². The lowest BCUT2D eigenvalue weighted by molar-refractivity contribution is 0.174. The molecule has 1 saturated heterocycles. The van der Waals surface area contributed by atoms with E-state index >= 15 is 0 Å². The van der Waals surface area contributed by atoms with Crippen LogP contribution in [0.15, 0.2) is 6.20 Å².